The van der Waals surface area contributed by atoms with E-state index in [1.165, 1.54) is 11.8 Å². The van der Waals surface area contributed by atoms with Crippen LogP contribution in [0.2, 0.25) is 5.02 Å². The minimum absolute atomic E-state index is 0.156. The Balaban J connectivity index is 1.60. The number of piperidine rings is 1. The molecule has 3 aromatic rings. The number of halogens is 1. The number of para-hydroxylation sites is 1. The first kappa shape index (κ1) is 20.0. The third-order valence-corrected chi connectivity index (χ3v) is 6.47. The van der Waals surface area contributed by atoms with Gasteiger partial charge in [-0.1, -0.05) is 60.6 Å². The molecule has 0 bridgehead atoms. The number of likely N-dealkylation sites (tertiary alicyclic amines) is 1. The molecule has 1 amide bonds. The van der Waals surface area contributed by atoms with E-state index >= 15 is 0 Å². The maximum Gasteiger partial charge on any atom is 0.233 e. The molecule has 0 unspecified atom stereocenters. The van der Waals surface area contributed by atoms with Gasteiger partial charge in [0.15, 0.2) is 11.0 Å². The zero-order valence-electron chi connectivity index (χ0n) is 16.3. The molecular formula is C22H23ClN4OS. The fourth-order valence-electron chi connectivity index (χ4n) is 3.47. The van der Waals surface area contributed by atoms with Gasteiger partial charge in [-0.15, -0.1) is 10.2 Å². The fraction of sp³-hybridized carbons (Fsp3) is 0.318. The van der Waals surface area contributed by atoms with Crippen LogP contribution in [0, 0.1) is 5.92 Å². The number of hydrogen-bond acceptors (Lipinski definition) is 4. The smallest absolute Gasteiger partial charge is 0.233 e. The van der Waals surface area contributed by atoms with Gasteiger partial charge in [0.25, 0.3) is 0 Å². The molecule has 5 nitrogen and oxygen atoms in total. The molecule has 0 aliphatic carbocycles. The Morgan fingerprint density at radius 1 is 1.07 bits per heavy atom. The Labute approximate surface area is 180 Å². The van der Waals surface area contributed by atoms with Gasteiger partial charge in [0, 0.05) is 24.3 Å². The molecule has 1 saturated heterocycles. The molecule has 150 valence electrons. The molecule has 0 N–H and O–H groups in total. The van der Waals surface area contributed by atoms with Crippen molar-refractivity contribution in [3.8, 4) is 17.1 Å². The molecule has 2 aromatic carbocycles. The van der Waals surface area contributed by atoms with Gasteiger partial charge in [-0.3, -0.25) is 9.36 Å². The summed E-state index contributed by atoms with van der Waals surface area (Å²) in [5.74, 6) is 1.88. The SMILES string of the molecule is CC1CCN(C(=O)CSc2nnc(-c3ccccc3Cl)n2-c2ccccc2)CC1. The fourth-order valence-corrected chi connectivity index (χ4v) is 4.54. The average Bonchev–Trinajstić information content (AvgIpc) is 3.17. The first-order valence-corrected chi connectivity index (χ1v) is 11.2. The van der Waals surface area contributed by atoms with Gasteiger partial charge in [-0.25, -0.2) is 0 Å². The molecule has 0 spiro atoms. The van der Waals surface area contributed by atoms with E-state index < -0.39 is 0 Å². The van der Waals surface area contributed by atoms with E-state index in [1.807, 2.05) is 64.1 Å². The molecule has 1 aliphatic heterocycles. The maximum atomic E-state index is 12.7. The van der Waals surface area contributed by atoms with Gasteiger partial charge in [0.1, 0.15) is 0 Å². The molecule has 7 heteroatoms. The number of aromatic nitrogens is 3. The van der Waals surface area contributed by atoms with Crippen LogP contribution in [0.4, 0.5) is 0 Å². The van der Waals surface area contributed by atoms with Crippen molar-refractivity contribution in [1.82, 2.24) is 19.7 Å². The summed E-state index contributed by atoms with van der Waals surface area (Å²) in [4.78, 5) is 14.6. The highest BCUT2D eigenvalue weighted by atomic mass is 35.5. The van der Waals surface area contributed by atoms with Gasteiger partial charge in [0.2, 0.25) is 5.91 Å². The Bertz CT molecular complexity index is 983. The highest BCUT2D eigenvalue weighted by Gasteiger charge is 2.23. The van der Waals surface area contributed by atoms with Crippen LogP contribution in [0.1, 0.15) is 19.8 Å². The van der Waals surface area contributed by atoms with E-state index in [0.29, 0.717) is 27.7 Å². The maximum absolute atomic E-state index is 12.7. The lowest BCUT2D eigenvalue weighted by atomic mass is 9.99. The van der Waals surface area contributed by atoms with Crippen molar-refractivity contribution < 1.29 is 4.79 Å². The van der Waals surface area contributed by atoms with Crippen LogP contribution in [-0.4, -0.2) is 44.4 Å². The number of rotatable bonds is 5. The summed E-state index contributed by atoms with van der Waals surface area (Å²) in [7, 11) is 0. The zero-order chi connectivity index (χ0) is 20.2. The van der Waals surface area contributed by atoms with E-state index in [9.17, 15) is 4.79 Å². The minimum atomic E-state index is 0.156. The van der Waals surface area contributed by atoms with Gasteiger partial charge in [-0.05, 0) is 43.0 Å². The molecule has 29 heavy (non-hydrogen) atoms. The summed E-state index contributed by atoms with van der Waals surface area (Å²) in [5.41, 5.74) is 1.75. The van der Waals surface area contributed by atoms with Gasteiger partial charge >= 0.3 is 0 Å². The number of thioether (sulfide) groups is 1. The summed E-state index contributed by atoms with van der Waals surface area (Å²) in [6.45, 7) is 3.93. The van der Waals surface area contributed by atoms with Crippen LogP contribution in [0.5, 0.6) is 0 Å². The monoisotopic (exact) mass is 426 g/mol. The summed E-state index contributed by atoms with van der Waals surface area (Å²) in [6, 6.07) is 17.5. The second-order valence-electron chi connectivity index (χ2n) is 7.31. The van der Waals surface area contributed by atoms with Crippen LogP contribution in [0.3, 0.4) is 0 Å². The first-order chi connectivity index (χ1) is 14.1. The van der Waals surface area contributed by atoms with E-state index in [-0.39, 0.29) is 5.91 Å². The molecule has 4 rings (SSSR count). The molecular weight excluding hydrogens is 404 g/mol. The molecule has 0 radical (unpaired) electrons. The normalized spacial score (nSPS) is 14.9. The lowest BCUT2D eigenvalue weighted by Crippen LogP contribution is -2.38. The third kappa shape index (κ3) is 4.49. The number of nitrogens with zero attached hydrogens (tertiary/aromatic N) is 4. The van der Waals surface area contributed by atoms with Gasteiger partial charge < -0.3 is 4.90 Å². The molecule has 1 aliphatic rings. The molecule has 0 saturated carbocycles. The number of benzene rings is 2. The van der Waals surface area contributed by atoms with E-state index in [4.69, 9.17) is 11.6 Å². The molecule has 1 fully saturated rings. The van der Waals surface area contributed by atoms with Crippen LogP contribution in [-0.2, 0) is 4.79 Å². The average molecular weight is 427 g/mol. The van der Waals surface area contributed by atoms with Crippen LogP contribution >= 0.6 is 23.4 Å². The summed E-state index contributed by atoms with van der Waals surface area (Å²) >= 11 is 7.84. The summed E-state index contributed by atoms with van der Waals surface area (Å²) in [6.07, 6.45) is 2.15. The predicted molar refractivity (Wildman–Crippen MR) is 118 cm³/mol. The number of carbonyl (C=O) groups excluding carboxylic acids is 1. The second kappa shape index (κ2) is 9.01. The van der Waals surface area contributed by atoms with Crippen molar-refractivity contribution >= 4 is 29.3 Å². The second-order valence-corrected chi connectivity index (χ2v) is 8.66. The molecule has 1 aromatic heterocycles. The van der Waals surface area contributed by atoms with Crippen LogP contribution < -0.4 is 0 Å². The zero-order valence-corrected chi connectivity index (χ0v) is 17.9. The topological polar surface area (TPSA) is 51.0 Å². The van der Waals surface area contributed by atoms with E-state index in [0.717, 1.165) is 37.2 Å². The van der Waals surface area contributed by atoms with E-state index in [1.54, 1.807) is 0 Å². The van der Waals surface area contributed by atoms with Gasteiger partial charge in [-0.2, -0.15) is 0 Å². The van der Waals surface area contributed by atoms with Crippen molar-refractivity contribution in [3.05, 3.63) is 59.6 Å². The Morgan fingerprint density at radius 3 is 2.48 bits per heavy atom. The Hall–Kier alpha value is -2.31. The van der Waals surface area contributed by atoms with Crippen molar-refractivity contribution in [3.63, 3.8) is 0 Å². The standard InChI is InChI=1S/C22H23ClN4OS/c1-16-11-13-26(14-12-16)20(28)15-29-22-25-24-21(18-9-5-6-10-19(18)23)27(22)17-7-3-2-4-8-17/h2-10,16H,11-15H2,1H3. The Morgan fingerprint density at radius 2 is 1.76 bits per heavy atom. The van der Waals surface area contributed by atoms with Crippen LogP contribution in [0.15, 0.2) is 59.8 Å². The summed E-state index contributed by atoms with van der Waals surface area (Å²) < 4.78 is 1.97. The molecule has 0 atom stereocenters. The van der Waals surface area contributed by atoms with Crippen molar-refractivity contribution in [2.24, 2.45) is 5.92 Å². The van der Waals surface area contributed by atoms with Crippen LogP contribution in [0.25, 0.3) is 17.1 Å². The number of amides is 1. The minimum Gasteiger partial charge on any atom is -0.342 e. The lowest BCUT2D eigenvalue weighted by molar-refractivity contribution is -0.129. The van der Waals surface area contributed by atoms with Gasteiger partial charge in [0.05, 0.1) is 10.8 Å². The quantitative estimate of drug-likeness (QED) is 0.542. The largest absolute Gasteiger partial charge is 0.342 e. The highest BCUT2D eigenvalue weighted by molar-refractivity contribution is 7.99. The van der Waals surface area contributed by atoms with Crippen molar-refractivity contribution in [1.29, 1.82) is 0 Å². The predicted octanol–water partition coefficient (Wildman–Crippen LogP) is 4.94. The lowest BCUT2D eigenvalue weighted by Gasteiger charge is -2.30. The number of carbonyl (C=O) groups is 1. The third-order valence-electron chi connectivity index (χ3n) is 5.22. The number of hydrogen-bond donors (Lipinski definition) is 0. The Kier molecular flexibility index (Phi) is 6.21. The first-order valence-electron chi connectivity index (χ1n) is 9.80. The summed E-state index contributed by atoms with van der Waals surface area (Å²) in [5, 5.41) is 10.1. The highest BCUT2D eigenvalue weighted by Crippen LogP contribution is 2.32. The molecule has 2 heterocycles. The van der Waals surface area contributed by atoms with Crippen molar-refractivity contribution in [2.45, 2.75) is 24.9 Å². The van der Waals surface area contributed by atoms with Crippen molar-refractivity contribution in [2.75, 3.05) is 18.8 Å². The van der Waals surface area contributed by atoms with E-state index in [2.05, 4.69) is 17.1 Å².